The van der Waals surface area contributed by atoms with Gasteiger partial charge in [0.15, 0.2) is 0 Å². The van der Waals surface area contributed by atoms with Crippen LogP contribution in [0, 0.1) is 6.92 Å². The maximum Gasteiger partial charge on any atom is 0.242 e. The van der Waals surface area contributed by atoms with Gasteiger partial charge in [-0.1, -0.05) is 42.5 Å². The van der Waals surface area contributed by atoms with Gasteiger partial charge in [0.25, 0.3) is 0 Å². The fourth-order valence-electron chi connectivity index (χ4n) is 3.62. The molecule has 0 saturated heterocycles. The Labute approximate surface area is 204 Å². The van der Waals surface area contributed by atoms with E-state index >= 15 is 0 Å². The van der Waals surface area contributed by atoms with Gasteiger partial charge in [-0.05, 0) is 64.3 Å². The van der Waals surface area contributed by atoms with E-state index in [1.165, 1.54) is 4.31 Å². The highest BCUT2D eigenvalue weighted by atomic mass is 32.2. The summed E-state index contributed by atoms with van der Waals surface area (Å²) in [5.74, 6) is -0.424. The number of carbonyl (C=O) groups excluding carboxylic acids is 2. The molecule has 1 atom stereocenters. The smallest absolute Gasteiger partial charge is 0.242 e. The van der Waals surface area contributed by atoms with Gasteiger partial charge in [0.2, 0.25) is 21.8 Å². The van der Waals surface area contributed by atoms with Crippen molar-refractivity contribution in [1.29, 1.82) is 0 Å². The third-order valence-corrected chi connectivity index (χ3v) is 6.50. The molecule has 2 amide bonds. The molecule has 0 aromatic heterocycles. The Kier molecular flexibility index (Phi) is 9.27. The zero-order valence-electron chi connectivity index (χ0n) is 21.0. The van der Waals surface area contributed by atoms with Gasteiger partial charge in [0.1, 0.15) is 6.04 Å². The number of sulfonamides is 1. The zero-order chi connectivity index (χ0) is 25.5. The zero-order valence-corrected chi connectivity index (χ0v) is 21.9. The molecule has 8 heteroatoms. The van der Waals surface area contributed by atoms with Crippen LogP contribution in [0.15, 0.2) is 54.6 Å². The van der Waals surface area contributed by atoms with Crippen LogP contribution in [0.1, 0.15) is 51.7 Å². The van der Waals surface area contributed by atoms with E-state index < -0.39 is 21.6 Å². The molecule has 2 aromatic carbocycles. The van der Waals surface area contributed by atoms with Crippen LogP contribution in [-0.4, -0.2) is 49.5 Å². The van der Waals surface area contributed by atoms with Crippen molar-refractivity contribution in [3.63, 3.8) is 0 Å². The van der Waals surface area contributed by atoms with Crippen molar-refractivity contribution < 1.29 is 18.0 Å². The Balaban J connectivity index is 2.16. The topological polar surface area (TPSA) is 86.8 Å². The lowest BCUT2D eigenvalue weighted by molar-refractivity contribution is -0.141. The van der Waals surface area contributed by atoms with Crippen LogP contribution in [-0.2, 0) is 26.2 Å². The van der Waals surface area contributed by atoms with E-state index in [0.717, 1.165) is 17.4 Å². The number of hydrogen-bond acceptors (Lipinski definition) is 4. The van der Waals surface area contributed by atoms with Crippen LogP contribution in [0.5, 0.6) is 0 Å². The van der Waals surface area contributed by atoms with Crippen molar-refractivity contribution in [2.45, 2.75) is 65.6 Å². The van der Waals surface area contributed by atoms with Crippen molar-refractivity contribution in [1.82, 2.24) is 10.2 Å². The first kappa shape index (κ1) is 27.4. The van der Waals surface area contributed by atoms with Gasteiger partial charge < -0.3 is 10.2 Å². The number of nitrogens with one attached hydrogen (secondary N) is 1. The molecular formula is C26H37N3O4S. The summed E-state index contributed by atoms with van der Waals surface area (Å²) in [5, 5.41) is 2.94. The molecule has 0 saturated carbocycles. The summed E-state index contributed by atoms with van der Waals surface area (Å²) < 4.78 is 26.1. The average molecular weight is 488 g/mol. The Morgan fingerprint density at radius 2 is 1.68 bits per heavy atom. The summed E-state index contributed by atoms with van der Waals surface area (Å²) in [5.41, 5.74) is 2.03. The molecule has 0 bridgehead atoms. The number of anilines is 1. The summed E-state index contributed by atoms with van der Waals surface area (Å²) in [7, 11) is -3.51. The van der Waals surface area contributed by atoms with Crippen LogP contribution in [0.4, 0.5) is 5.69 Å². The van der Waals surface area contributed by atoms with E-state index in [9.17, 15) is 18.0 Å². The van der Waals surface area contributed by atoms with Gasteiger partial charge in [-0.3, -0.25) is 13.9 Å². The number of rotatable bonds is 10. The first-order valence-electron chi connectivity index (χ1n) is 11.5. The number of nitrogens with zero attached hydrogens (tertiary/aromatic N) is 2. The fourth-order valence-corrected chi connectivity index (χ4v) is 4.58. The molecule has 34 heavy (non-hydrogen) atoms. The number of carbonyl (C=O) groups is 2. The third kappa shape index (κ3) is 8.48. The largest absolute Gasteiger partial charge is 0.350 e. The van der Waals surface area contributed by atoms with E-state index in [2.05, 4.69) is 5.32 Å². The lowest BCUT2D eigenvalue weighted by atomic mass is 10.1. The van der Waals surface area contributed by atoms with Gasteiger partial charge in [-0.2, -0.15) is 0 Å². The van der Waals surface area contributed by atoms with Crippen molar-refractivity contribution in [2.24, 2.45) is 0 Å². The van der Waals surface area contributed by atoms with Gasteiger partial charge in [-0.15, -0.1) is 0 Å². The molecule has 0 heterocycles. The van der Waals surface area contributed by atoms with Crippen LogP contribution in [0.2, 0.25) is 0 Å². The number of amides is 2. The molecule has 7 nitrogen and oxygen atoms in total. The molecule has 0 radical (unpaired) electrons. The van der Waals surface area contributed by atoms with Gasteiger partial charge in [0, 0.05) is 25.0 Å². The van der Waals surface area contributed by atoms with Crippen LogP contribution >= 0.6 is 0 Å². The highest BCUT2D eigenvalue weighted by Crippen LogP contribution is 2.20. The molecule has 0 spiro atoms. The second-order valence-electron chi connectivity index (χ2n) is 9.70. The maximum atomic E-state index is 13.3. The highest BCUT2D eigenvalue weighted by Gasteiger charge is 2.28. The van der Waals surface area contributed by atoms with Gasteiger partial charge in [0.05, 0.1) is 11.9 Å². The maximum absolute atomic E-state index is 13.3. The standard InChI is InChI=1S/C26H37N3O4S/c1-20-12-10-15-23(18-20)29(34(6,32)33)17-11-16-24(30)28(19-22-13-8-7-9-14-22)21(2)25(31)27-26(3,4)5/h7-10,12-15,18,21H,11,16-17,19H2,1-6H3,(H,27,31)/t21-/m0/s1. The van der Waals surface area contributed by atoms with Crippen molar-refractivity contribution in [2.75, 3.05) is 17.1 Å². The Hall–Kier alpha value is -2.87. The minimum atomic E-state index is -3.51. The number of hydrogen-bond donors (Lipinski definition) is 1. The predicted molar refractivity (Wildman–Crippen MR) is 137 cm³/mol. The first-order valence-corrected chi connectivity index (χ1v) is 13.3. The molecule has 1 N–H and O–H groups in total. The average Bonchev–Trinajstić information content (AvgIpc) is 2.73. The second kappa shape index (κ2) is 11.5. The Morgan fingerprint density at radius 1 is 1.03 bits per heavy atom. The number of aryl methyl sites for hydroxylation is 1. The molecule has 0 aliphatic rings. The lowest BCUT2D eigenvalue weighted by Gasteiger charge is -2.32. The molecule has 0 aliphatic heterocycles. The second-order valence-corrected chi connectivity index (χ2v) is 11.6. The molecule has 186 valence electrons. The van der Waals surface area contributed by atoms with E-state index in [-0.39, 0.29) is 24.8 Å². The van der Waals surface area contributed by atoms with Crippen molar-refractivity contribution in [3.05, 3.63) is 65.7 Å². The van der Waals surface area contributed by atoms with E-state index in [1.807, 2.05) is 76.2 Å². The van der Waals surface area contributed by atoms with E-state index in [1.54, 1.807) is 17.9 Å². The minimum absolute atomic E-state index is 0.123. The van der Waals surface area contributed by atoms with Crippen LogP contribution in [0.25, 0.3) is 0 Å². The minimum Gasteiger partial charge on any atom is -0.350 e. The normalized spacial score (nSPS) is 12.6. The summed E-state index contributed by atoms with van der Waals surface area (Å²) in [4.78, 5) is 27.7. The predicted octanol–water partition coefficient (Wildman–Crippen LogP) is 3.87. The summed E-state index contributed by atoms with van der Waals surface area (Å²) in [6.45, 7) is 9.78. The molecule has 2 rings (SSSR count). The quantitative estimate of drug-likeness (QED) is 0.551. The van der Waals surface area contributed by atoms with Gasteiger partial charge in [-0.25, -0.2) is 8.42 Å². The molecule has 0 aliphatic carbocycles. The first-order chi connectivity index (χ1) is 15.8. The Morgan fingerprint density at radius 3 is 2.24 bits per heavy atom. The molecule has 0 unspecified atom stereocenters. The van der Waals surface area contributed by atoms with Crippen molar-refractivity contribution >= 4 is 27.5 Å². The summed E-state index contributed by atoms with van der Waals surface area (Å²) in [6.07, 6.45) is 1.62. The van der Waals surface area contributed by atoms with Crippen LogP contribution < -0.4 is 9.62 Å². The monoisotopic (exact) mass is 487 g/mol. The third-order valence-electron chi connectivity index (χ3n) is 5.30. The van der Waals surface area contributed by atoms with E-state index in [0.29, 0.717) is 18.7 Å². The summed E-state index contributed by atoms with van der Waals surface area (Å²) >= 11 is 0. The van der Waals surface area contributed by atoms with E-state index in [4.69, 9.17) is 0 Å². The molecular weight excluding hydrogens is 450 g/mol. The van der Waals surface area contributed by atoms with Gasteiger partial charge >= 0.3 is 0 Å². The van der Waals surface area contributed by atoms with Crippen molar-refractivity contribution in [3.8, 4) is 0 Å². The SMILES string of the molecule is Cc1cccc(N(CCCC(=O)N(Cc2ccccc2)[C@@H](C)C(=O)NC(C)(C)C)S(C)(=O)=O)c1. The lowest BCUT2D eigenvalue weighted by Crippen LogP contribution is -2.52. The highest BCUT2D eigenvalue weighted by molar-refractivity contribution is 7.92. The molecule has 0 fully saturated rings. The fraction of sp³-hybridized carbons (Fsp3) is 0.462. The summed E-state index contributed by atoms with van der Waals surface area (Å²) in [6, 6.07) is 16.1. The number of benzene rings is 2. The molecule has 2 aromatic rings. The Bertz CT molecular complexity index is 1080. The van der Waals surface area contributed by atoms with Crippen LogP contribution in [0.3, 0.4) is 0 Å².